The summed E-state index contributed by atoms with van der Waals surface area (Å²) in [6.45, 7) is 0. The fourth-order valence-electron chi connectivity index (χ4n) is 2.92. The molecule has 0 fully saturated rings. The third kappa shape index (κ3) is 3.41. The van der Waals surface area contributed by atoms with Crippen LogP contribution >= 0.6 is 11.6 Å². The van der Waals surface area contributed by atoms with Crippen molar-refractivity contribution >= 4 is 34.0 Å². The molecule has 0 spiro atoms. The molecule has 0 amide bonds. The van der Waals surface area contributed by atoms with E-state index in [4.69, 9.17) is 16.3 Å². The van der Waals surface area contributed by atoms with Crippen LogP contribution in [0.1, 0.15) is 0 Å². The van der Waals surface area contributed by atoms with Crippen molar-refractivity contribution < 1.29 is 9.13 Å². The van der Waals surface area contributed by atoms with Gasteiger partial charge in [-0.15, -0.1) is 0 Å². The smallest absolute Gasteiger partial charge is 0.172 e. The summed E-state index contributed by atoms with van der Waals surface area (Å²) in [7, 11) is 1.45. The highest BCUT2D eigenvalue weighted by molar-refractivity contribution is 6.30. The van der Waals surface area contributed by atoms with E-state index in [-0.39, 0.29) is 5.75 Å². The Morgan fingerprint density at radius 2 is 1.85 bits per heavy atom. The lowest BCUT2D eigenvalue weighted by Crippen LogP contribution is -1.97. The van der Waals surface area contributed by atoms with Gasteiger partial charge in [0.05, 0.1) is 12.6 Å². The first-order chi connectivity index (χ1) is 13.2. The van der Waals surface area contributed by atoms with Crippen LogP contribution in [-0.2, 0) is 0 Å². The quantitative estimate of drug-likeness (QED) is 0.483. The van der Waals surface area contributed by atoms with Crippen molar-refractivity contribution in [1.82, 2.24) is 9.97 Å². The van der Waals surface area contributed by atoms with Crippen LogP contribution in [0.3, 0.4) is 0 Å². The van der Waals surface area contributed by atoms with Crippen LogP contribution in [-0.4, -0.2) is 17.1 Å². The number of nitrogens with one attached hydrogen (secondary N) is 1. The summed E-state index contributed by atoms with van der Waals surface area (Å²) >= 11 is 6.05. The van der Waals surface area contributed by atoms with Crippen molar-refractivity contribution in [2.24, 2.45) is 0 Å². The van der Waals surface area contributed by atoms with Crippen molar-refractivity contribution in [3.05, 3.63) is 77.8 Å². The molecule has 3 aromatic carbocycles. The summed E-state index contributed by atoms with van der Waals surface area (Å²) in [5.41, 5.74) is 2.72. The number of aromatic nitrogens is 2. The van der Waals surface area contributed by atoms with E-state index >= 15 is 0 Å². The average molecular weight is 380 g/mol. The molecular weight excluding hydrogens is 365 g/mol. The molecule has 4 rings (SSSR count). The number of anilines is 2. The van der Waals surface area contributed by atoms with Gasteiger partial charge in [-0.2, -0.15) is 0 Å². The second-order valence-electron chi connectivity index (χ2n) is 5.91. The molecule has 0 saturated carbocycles. The van der Waals surface area contributed by atoms with E-state index < -0.39 is 5.82 Å². The van der Waals surface area contributed by atoms with Gasteiger partial charge in [-0.25, -0.2) is 14.4 Å². The number of fused-ring (bicyclic) bond motifs is 1. The Bertz CT molecular complexity index is 1130. The van der Waals surface area contributed by atoms with Crippen LogP contribution in [0.4, 0.5) is 15.9 Å². The van der Waals surface area contributed by atoms with Crippen LogP contribution in [0.15, 0.2) is 67.0 Å². The Labute approximate surface area is 160 Å². The van der Waals surface area contributed by atoms with Crippen molar-refractivity contribution in [3.8, 4) is 16.9 Å². The summed E-state index contributed by atoms with van der Waals surface area (Å²) in [6.07, 6.45) is 1.49. The number of nitrogens with zero attached hydrogens (tertiary/aromatic N) is 2. The van der Waals surface area contributed by atoms with Gasteiger partial charge in [0.1, 0.15) is 12.1 Å². The molecule has 27 heavy (non-hydrogen) atoms. The van der Waals surface area contributed by atoms with Gasteiger partial charge >= 0.3 is 0 Å². The van der Waals surface area contributed by atoms with Crippen molar-refractivity contribution in [2.75, 3.05) is 12.4 Å². The van der Waals surface area contributed by atoms with Gasteiger partial charge in [0.15, 0.2) is 11.6 Å². The minimum atomic E-state index is -0.402. The molecule has 0 saturated heterocycles. The van der Waals surface area contributed by atoms with Crippen LogP contribution in [0.5, 0.6) is 5.75 Å². The zero-order valence-corrected chi connectivity index (χ0v) is 15.2. The molecule has 0 aliphatic heterocycles. The highest BCUT2D eigenvalue weighted by atomic mass is 35.5. The zero-order valence-electron chi connectivity index (χ0n) is 14.4. The monoisotopic (exact) mass is 379 g/mol. The molecule has 4 aromatic rings. The van der Waals surface area contributed by atoms with Gasteiger partial charge in [0.2, 0.25) is 0 Å². The maximum atomic E-state index is 14.7. The molecule has 6 heteroatoms. The maximum absolute atomic E-state index is 14.7. The standard InChI is InChI=1S/C21H15ClFN3O/c1-27-19-7-3-6-16(20(19)23)13-8-9-18-17(10-13)21(25-12-24-18)26-15-5-2-4-14(22)11-15/h2-12H,1H3,(H,24,25,26). The molecule has 0 aliphatic rings. The SMILES string of the molecule is COc1cccc(-c2ccc3ncnc(Nc4cccc(Cl)c4)c3c2)c1F. The second kappa shape index (κ2) is 7.21. The Morgan fingerprint density at radius 1 is 1.00 bits per heavy atom. The average Bonchev–Trinajstić information content (AvgIpc) is 2.68. The van der Waals surface area contributed by atoms with Gasteiger partial charge in [0.25, 0.3) is 0 Å². The van der Waals surface area contributed by atoms with E-state index in [0.717, 1.165) is 16.6 Å². The summed E-state index contributed by atoms with van der Waals surface area (Å²) in [4.78, 5) is 8.64. The Morgan fingerprint density at radius 3 is 2.67 bits per heavy atom. The fourth-order valence-corrected chi connectivity index (χ4v) is 3.11. The number of methoxy groups -OCH3 is 1. The van der Waals surface area contributed by atoms with Gasteiger partial charge < -0.3 is 10.1 Å². The predicted octanol–water partition coefficient (Wildman–Crippen LogP) is 5.84. The third-order valence-corrected chi connectivity index (χ3v) is 4.45. The van der Waals surface area contributed by atoms with Crippen molar-refractivity contribution in [1.29, 1.82) is 0 Å². The van der Waals surface area contributed by atoms with Crippen molar-refractivity contribution in [3.63, 3.8) is 0 Å². The molecule has 134 valence electrons. The summed E-state index contributed by atoms with van der Waals surface area (Å²) in [5, 5.41) is 4.65. The van der Waals surface area contributed by atoms with E-state index in [2.05, 4.69) is 15.3 Å². The Balaban J connectivity index is 1.82. The normalized spacial score (nSPS) is 10.8. The van der Waals surface area contributed by atoms with Crippen LogP contribution in [0.2, 0.25) is 5.02 Å². The van der Waals surface area contributed by atoms with Crippen LogP contribution in [0, 0.1) is 5.82 Å². The molecule has 4 nitrogen and oxygen atoms in total. The largest absolute Gasteiger partial charge is 0.494 e. The minimum absolute atomic E-state index is 0.203. The number of halogens is 2. The lowest BCUT2D eigenvalue weighted by atomic mass is 10.0. The van der Waals surface area contributed by atoms with Gasteiger partial charge in [-0.05, 0) is 42.0 Å². The van der Waals surface area contributed by atoms with Crippen LogP contribution < -0.4 is 10.1 Å². The van der Waals surface area contributed by atoms with Gasteiger partial charge in [0, 0.05) is 21.7 Å². The zero-order chi connectivity index (χ0) is 18.8. The molecular formula is C21H15ClFN3O. The molecule has 0 atom stereocenters. The number of ether oxygens (including phenoxy) is 1. The van der Waals surface area contributed by atoms with E-state index in [1.54, 1.807) is 30.3 Å². The van der Waals surface area contributed by atoms with E-state index in [1.165, 1.54) is 13.4 Å². The minimum Gasteiger partial charge on any atom is -0.494 e. The van der Waals surface area contributed by atoms with Gasteiger partial charge in [-0.3, -0.25) is 0 Å². The summed E-state index contributed by atoms with van der Waals surface area (Å²) in [5.74, 6) is 0.419. The number of benzene rings is 3. The maximum Gasteiger partial charge on any atom is 0.172 e. The Hall–Kier alpha value is -3.18. The van der Waals surface area contributed by atoms with Crippen LogP contribution in [0.25, 0.3) is 22.0 Å². The van der Waals surface area contributed by atoms with Crippen molar-refractivity contribution in [2.45, 2.75) is 0 Å². The molecule has 1 N–H and O–H groups in total. The molecule has 0 unspecified atom stereocenters. The van der Waals surface area contributed by atoms with E-state index in [9.17, 15) is 4.39 Å². The first-order valence-corrected chi connectivity index (χ1v) is 8.64. The number of hydrogen-bond donors (Lipinski definition) is 1. The molecule has 0 radical (unpaired) electrons. The second-order valence-corrected chi connectivity index (χ2v) is 6.35. The number of hydrogen-bond acceptors (Lipinski definition) is 4. The Kier molecular flexibility index (Phi) is 4.60. The fraction of sp³-hybridized carbons (Fsp3) is 0.0476. The number of rotatable bonds is 4. The van der Waals surface area contributed by atoms with E-state index in [1.807, 2.05) is 30.3 Å². The summed E-state index contributed by atoms with van der Waals surface area (Å²) in [6, 6.07) is 18.0. The first kappa shape index (κ1) is 17.2. The first-order valence-electron chi connectivity index (χ1n) is 8.26. The highest BCUT2D eigenvalue weighted by Crippen LogP contribution is 2.32. The third-order valence-electron chi connectivity index (χ3n) is 4.22. The lowest BCUT2D eigenvalue weighted by Gasteiger charge is -2.11. The topological polar surface area (TPSA) is 47.0 Å². The molecule has 1 aromatic heterocycles. The van der Waals surface area contributed by atoms with Gasteiger partial charge in [-0.1, -0.05) is 35.9 Å². The highest BCUT2D eigenvalue weighted by Gasteiger charge is 2.12. The molecule has 0 aliphatic carbocycles. The lowest BCUT2D eigenvalue weighted by molar-refractivity contribution is 0.387. The molecule has 1 heterocycles. The predicted molar refractivity (Wildman–Crippen MR) is 106 cm³/mol. The van der Waals surface area contributed by atoms with E-state index in [0.29, 0.717) is 22.0 Å². The summed E-state index contributed by atoms with van der Waals surface area (Å²) < 4.78 is 19.7. The molecule has 0 bridgehead atoms.